The van der Waals surface area contributed by atoms with Gasteiger partial charge in [0, 0.05) is 42.0 Å². The van der Waals surface area contributed by atoms with Crippen LogP contribution in [0.15, 0.2) is 58.4 Å². The van der Waals surface area contributed by atoms with Crippen molar-refractivity contribution in [2.24, 2.45) is 10.9 Å². The fraction of sp³-hybridized carbons (Fsp3) is 0.429. The Labute approximate surface area is 224 Å². The van der Waals surface area contributed by atoms with E-state index in [1.807, 2.05) is 43.0 Å². The molecule has 0 spiro atoms. The summed E-state index contributed by atoms with van der Waals surface area (Å²) in [4.78, 5) is 20.2. The number of nitrogens with zero attached hydrogens (tertiary/aromatic N) is 2. The highest BCUT2D eigenvalue weighted by Gasteiger charge is 2.34. The molecule has 3 aliphatic heterocycles. The van der Waals surface area contributed by atoms with Crippen LogP contribution in [0.1, 0.15) is 47.3 Å². The zero-order valence-electron chi connectivity index (χ0n) is 22.2. The van der Waals surface area contributed by atoms with E-state index in [0.717, 1.165) is 23.1 Å². The second kappa shape index (κ2) is 10.5. The third-order valence-corrected chi connectivity index (χ3v) is 8.52. The van der Waals surface area contributed by atoms with Gasteiger partial charge in [-0.15, -0.1) is 0 Å². The monoisotopic (exact) mass is 537 g/mol. The van der Waals surface area contributed by atoms with Crippen molar-refractivity contribution in [2.75, 3.05) is 19.6 Å². The largest absolute Gasteiger partial charge is 0.471 e. The topological polar surface area (TPSA) is 112 Å². The van der Waals surface area contributed by atoms with Crippen molar-refractivity contribution in [3.05, 3.63) is 70.8 Å². The average Bonchev–Trinajstić information content (AvgIpc) is 3.04. The number of fused-ring (bicyclic) bond motifs is 5. The van der Waals surface area contributed by atoms with E-state index in [2.05, 4.69) is 34.2 Å². The minimum absolute atomic E-state index is 0.00940. The molecule has 0 saturated carbocycles. The maximum atomic E-state index is 13.8. The van der Waals surface area contributed by atoms with Crippen LogP contribution >= 0.6 is 0 Å². The molecular weight excluding hydrogens is 502 g/mol. The minimum atomic E-state index is -4.01. The molecule has 0 aromatic heterocycles. The van der Waals surface area contributed by atoms with Gasteiger partial charge in [-0.25, -0.2) is 13.4 Å². The third kappa shape index (κ3) is 5.48. The number of ether oxygens (including phenoxy) is 1. The van der Waals surface area contributed by atoms with Gasteiger partial charge >= 0.3 is 0 Å². The van der Waals surface area contributed by atoms with Crippen molar-refractivity contribution >= 4 is 27.5 Å². The maximum Gasteiger partial charge on any atom is 0.254 e. The lowest BCUT2D eigenvalue weighted by molar-refractivity contribution is 0.0577. The number of sulfonamides is 1. The molecule has 3 N–H and O–H groups in total. The van der Waals surface area contributed by atoms with Gasteiger partial charge < -0.3 is 20.3 Å². The highest BCUT2D eigenvalue weighted by molar-refractivity contribution is 7.89. The predicted octanol–water partition coefficient (Wildman–Crippen LogP) is 2.77. The summed E-state index contributed by atoms with van der Waals surface area (Å²) in [6.07, 6.45) is 1.26. The summed E-state index contributed by atoms with van der Waals surface area (Å²) in [7, 11) is -4.01. The number of rotatable bonds is 3. The van der Waals surface area contributed by atoms with Crippen molar-refractivity contribution in [2.45, 2.75) is 57.4 Å². The van der Waals surface area contributed by atoms with Crippen LogP contribution in [0.3, 0.4) is 0 Å². The fourth-order valence-electron chi connectivity index (χ4n) is 5.40. The molecule has 3 aliphatic rings. The molecule has 3 atom stereocenters. The van der Waals surface area contributed by atoms with Crippen molar-refractivity contribution in [1.82, 2.24) is 20.3 Å². The summed E-state index contributed by atoms with van der Waals surface area (Å²) in [5.74, 6) is 0.477. The van der Waals surface area contributed by atoms with E-state index in [-0.39, 0.29) is 22.9 Å². The molecule has 38 heavy (non-hydrogen) atoms. The molecule has 5 rings (SSSR count). The summed E-state index contributed by atoms with van der Waals surface area (Å²) >= 11 is 0. The number of nitrogens with one attached hydrogen (secondary N) is 3. The van der Waals surface area contributed by atoms with Gasteiger partial charge in [-0.2, -0.15) is 4.72 Å². The molecule has 202 valence electrons. The van der Waals surface area contributed by atoms with Crippen LogP contribution in [0, 0.1) is 19.8 Å². The Hall–Kier alpha value is -3.21. The van der Waals surface area contributed by atoms with E-state index in [4.69, 9.17) is 4.74 Å². The van der Waals surface area contributed by atoms with Crippen molar-refractivity contribution in [1.29, 1.82) is 0 Å². The molecule has 6 bridgehead atoms. The summed E-state index contributed by atoms with van der Waals surface area (Å²) in [5, 5.41) is 6.70. The Bertz CT molecular complexity index is 1380. The maximum absolute atomic E-state index is 13.8. The normalized spacial score (nSPS) is 25.0. The number of hydrogen-bond donors (Lipinski definition) is 3. The van der Waals surface area contributed by atoms with Gasteiger partial charge in [-0.1, -0.05) is 38.1 Å². The number of benzene rings is 2. The number of carbonyl (C=O) groups excluding carboxylic acids is 1. The minimum Gasteiger partial charge on any atom is -0.471 e. The molecule has 3 heterocycles. The van der Waals surface area contributed by atoms with Gasteiger partial charge in [-0.3, -0.25) is 4.79 Å². The highest BCUT2D eigenvalue weighted by atomic mass is 32.2. The van der Waals surface area contributed by atoms with Crippen LogP contribution in [-0.4, -0.2) is 63.2 Å². The van der Waals surface area contributed by atoms with Gasteiger partial charge in [0.05, 0.1) is 11.4 Å². The smallest absolute Gasteiger partial charge is 0.254 e. The van der Waals surface area contributed by atoms with Crippen molar-refractivity contribution in [3.63, 3.8) is 0 Å². The SMILES string of the molecule is Cc1cccc(C)c1C1=CC2=NC(N1)NS(=O)(=O)c1cccc(c1)C(=O)N1C[C@@H](CNC[C@@H]1CC(C)C)O2. The number of aliphatic imine (C=N–C) groups is 1. The van der Waals surface area contributed by atoms with Crippen molar-refractivity contribution in [3.8, 4) is 0 Å². The van der Waals surface area contributed by atoms with E-state index in [1.54, 1.807) is 12.1 Å². The second-order valence-corrected chi connectivity index (χ2v) is 12.3. The summed E-state index contributed by atoms with van der Waals surface area (Å²) in [6, 6.07) is 12.2. The standard InChI is InChI=1S/C28H35N5O4S/c1-17(2)11-21-14-29-15-22-16-33(21)27(34)20-9-6-10-23(12-20)38(35,36)32-28-30-24(13-25(31-28)37-22)26-18(3)7-5-8-19(26)4/h5-10,12-13,17,21-22,28-30,32H,11,14-16H2,1-4H3/t21-,22+,28?/m0/s1. The number of aryl methyl sites for hydroxylation is 2. The summed E-state index contributed by atoms with van der Waals surface area (Å²) in [5.41, 5.74) is 4.10. The molecule has 2 aromatic carbocycles. The number of hydrogen-bond acceptors (Lipinski definition) is 7. The number of amides is 1. The molecule has 1 saturated heterocycles. The Kier molecular flexibility index (Phi) is 7.30. The molecule has 10 heteroatoms. The van der Waals surface area contributed by atoms with E-state index in [9.17, 15) is 13.2 Å². The second-order valence-electron chi connectivity index (χ2n) is 10.6. The van der Waals surface area contributed by atoms with Crippen LogP contribution < -0.4 is 15.4 Å². The first-order valence-electron chi connectivity index (χ1n) is 13.0. The molecule has 1 fully saturated rings. The molecule has 0 radical (unpaired) electrons. The van der Waals surface area contributed by atoms with Crippen LogP contribution in [0.4, 0.5) is 0 Å². The number of carbonyl (C=O) groups is 1. The first-order valence-corrected chi connectivity index (χ1v) is 14.5. The lowest BCUT2D eigenvalue weighted by Crippen LogP contribution is -2.47. The lowest BCUT2D eigenvalue weighted by atomic mass is 9.99. The Morgan fingerprint density at radius 2 is 1.84 bits per heavy atom. The van der Waals surface area contributed by atoms with Gasteiger partial charge in [-0.05, 0) is 55.5 Å². The molecule has 1 unspecified atom stereocenters. The van der Waals surface area contributed by atoms with Gasteiger partial charge in [0.2, 0.25) is 15.9 Å². The van der Waals surface area contributed by atoms with Crippen LogP contribution in [-0.2, 0) is 14.8 Å². The van der Waals surface area contributed by atoms with E-state index >= 15 is 0 Å². The Morgan fingerprint density at radius 1 is 1.11 bits per heavy atom. The molecule has 1 amide bonds. The summed E-state index contributed by atoms with van der Waals surface area (Å²) < 4.78 is 35.9. The fourth-order valence-corrected chi connectivity index (χ4v) is 6.48. The Balaban J connectivity index is 1.61. The van der Waals surface area contributed by atoms with Crippen LogP contribution in [0.5, 0.6) is 0 Å². The van der Waals surface area contributed by atoms with Gasteiger partial charge in [0.1, 0.15) is 6.10 Å². The first-order chi connectivity index (χ1) is 18.1. The van der Waals surface area contributed by atoms with Crippen molar-refractivity contribution < 1.29 is 17.9 Å². The molecule has 2 aromatic rings. The quantitative estimate of drug-likeness (QED) is 0.555. The summed E-state index contributed by atoms with van der Waals surface area (Å²) in [6.45, 7) is 9.81. The predicted molar refractivity (Wildman–Crippen MR) is 147 cm³/mol. The van der Waals surface area contributed by atoms with E-state index in [0.29, 0.717) is 42.7 Å². The molecule has 0 aliphatic carbocycles. The van der Waals surface area contributed by atoms with Crippen LogP contribution in [0.25, 0.3) is 5.70 Å². The van der Waals surface area contributed by atoms with E-state index < -0.39 is 16.3 Å². The lowest BCUT2D eigenvalue weighted by Gasteiger charge is -2.33. The molecular formula is C28H35N5O4S. The third-order valence-electron chi connectivity index (χ3n) is 7.11. The van der Waals surface area contributed by atoms with Gasteiger partial charge in [0.25, 0.3) is 5.91 Å². The molecule has 9 nitrogen and oxygen atoms in total. The first kappa shape index (κ1) is 26.4. The van der Waals surface area contributed by atoms with Gasteiger partial charge in [0.15, 0.2) is 6.29 Å². The van der Waals surface area contributed by atoms with E-state index in [1.165, 1.54) is 12.1 Å². The average molecular weight is 538 g/mol. The van der Waals surface area contributed by atoms with Crippen LogP contribution in [0.2, 0.25) is 0 Å². The highest BCUT2D eigenvalue weighted by Crippen LogP contribution is 2.26. The zero-order chi connectivity index (χ0) is 27.0. The zero-order valence-corrected chi connectivity index (χ0v) is 23.0. The Morgan fingerprint density at radius 3 is 2.58 bits per heavy atom.